The number of phenols is 1. The summed E-state index contributed by atoms with van der Waals surface area (Å²) in [5.74, 6) is -0.122. The van der Waals surface area contributed by atoms with E-state index in [0.717, 1.165) is 0 Å². The minimum Gasteiger partial charge on any atom is -0.503 e. The first-order chi connectivity index (χ1) is 12.8. The third-order valence-electron chi connectivity index (χ3n) is 3.95. The van der Waals surface area contributed by atoms with Crippen molar-refractivity contribution in [2.24, 2.45) is 5.10 Å². The predicted octanol–water partition coefficient (Wildman–Crippen LogP) is 3.88. The van der Waals surface area contributed by atoms with Crippen LogP contribution in [0.1, 0.15) is 12.5 Å². The number of nitro benzene ring substituents is 1. The molecule has 0 fully saturated rings. The third kappa shape index (κ3) is 3.54. The monoisotopic (exact) mass is 431 g/mol. The third-order valence-corrected chi connectivity index (χ3v) is 4.55. The number of methoxy groups -OCH3 is 1. The molecule has 3 rings (SSSR count). The van der Waals surface area contributed by atoms with Crippen LogP contribution in [-0.2, 0) is 4.79 Å². The number of rotatable bonds is 4. The molecule has 2 aromatic carbocycles. The lowest BCUT2D eigenvalue weighted by Crippen LogP contribution is -2.21. The van der Waals surface area contributed by atoms with Gasteiger partial charge in [0.25, 0.3) is 11.6 Å². The number of anilines is 1. The maximum Gasteiger partial charge on any atom is 0.280 e. The Hall–Kier alpha value is -3.20. The number of benzene rings is 2. The summed E-state index contributed by atoms with van der Waals surface area (Å²) in [4.78, 5) is 23.0. The lowest BCUT2D eigenvalue weighted by molar-refractivity contribution is -0.384. The van der Waals surface area contributed by atoms with Gasteiger partial charge in [-0.25, -0.2) is 0 Å². The van der Waals surface area contributed by atoms with Gasteiger partial charge in [0.1, 0.15) is 0 Å². The van der Waals surface area contributed by atoms with Gasteiger partial charge in [-0.15, -0.1) is 0 Å². The van der Waals surface area contributed by atoms with Crippen LogP contribution in [-0.4, -0.2) is 28.8 Å². The van der Waals surface area contributed by atoms with E-state index in [0.29, 0.717) is 27.0 Å². The van der Waals surface area contributed by atoms with Gasteiger partial charge in [0.05, 0.1) is 33.5 Å². The Morgan fingerprint density at radius 3 is 2.56 bits per heavy atom. The Morgan fingerprint density at radius 2 is 1.96 bits per heavy atom. The van der Waals surface area contributed by atoms with E-state index in [1.807, 2.05) is 0 Å². The maximum absolute atomic E-state index is 12.8. The molecule has 0 aliphatic carbocycles. The first kappa shape index (κ1) is 18.6. The fourth-order valence-corrected chi connectivity index (χ4v) is 3.03. The summed E-state index contributed by atoms with van der Waals surface area (Å²) in [5.41, 5.74) is 1.87. The van der Waals surface area contributed by atoms with Crippen molar-refractivity contribution in [3.05, 3.63) is 62.1 Å². The van der Waals surface area contributed by atoms with Crippen LogP contribution in [0.4, 0.5) is 11.4 Å². The van der Waals surface area contributed by atoms with Gasteiger partial charge in [-0.2, -0.15) is 10.1 Å². The number of aromatic hydroxyl groups is 1. The van der Waals surface area contributed by atoms with E-state index in [4.69, 9.17) is 4.74 Å². The van der Waals surface area contributed by atoms with Crippen molar-refractivity contribution < 1.29 is 19.6 Å². The number of nitrogens with zero attached hydrogens (tertiary/aromatic N) is 3. The Bertz CT molecular complexity index is 999. The topological polar surface area (TPSA) is 105 Å². The number of amides is 1. The maximum atomic E-state index is 12.8. The number of halogens is 1. The van der Waals surface area contributed by atoms with Crippen LogP contribution in [0.25, 0.3) is 6.08 Å². The van der Waals surface area contributed by atoms with E-state index >= 15 is 0 Å². The van der Waals surface area contributed by atoms with Gasteiger partial charge in [-0.05, 0) is 58.8 Å². The number of non-ortho nitro benzene ring substituents is 1. The lowest BCUT2D eigenvalue weighted by atomic mass is 10.1. The largest absolute Gasteiger partial charge is 0.503 e. The Kier molecular flexibility index (Phi) is 4.95. The van der Waals surface area contributed by atoms with Crippen LogP contribution in [0, 0.1) is 10.1 Å². The van der Waals surface area contributed by atoms with E-state index < -0.39 is 4.92 Å². The summed E-state index contributed by atoms with van der Waals surface area (Å²) in [5, 5.41) is 26.1. The highest BCUT2D eigenvalue weighted by atomic mass is 79.9. The second-order valence-corrected chi connectivity index (χ2v) is 6.54. The second-order valence-electron chi connectivity index (χ2n) is 5.69. The average molecular weight is 432 g/mol. The summed E-state index contributed by atoms with van der Waals surface area (Å²) in [7, 11) is 1.43. The number of carbonyl (C=O) groups excluding carboxylic acids is 1. The Morgan fingerprint density at radius 1 is 1.30 bits per heavy atom. The Labute approximate surface area is 162 Å². The van der Waals surface area contributed by atoms with Crippen molar-refractivity contribution in [2.45, 2.75) is 6.92 Å². The van der Waals surface area contributed by atoms with Crippen LogP contribution >= 0.6 is 15.9 Å². The average Bonchev–Trinajstić information content (AvgIpc) is 2.92. The number of carbonyl (C=O) groups is 1. The summed E-state index contributed by atoms with van der Waals surface area (Å²) >= 11 is 3.24. The SMILES string of the molecule is COc1cc(C=C2C(=O)N(c3ccc([N+](=O)[O-])cc3)N=C2C)cc(Br)c1O. The minimum atomic E-state index is -0.508. The first-order valence-electron chi connectivity index (χ1n) is 7.74. The molecule has 27 heavy (non-hydrogen) atoms. The highest BCUT2D eigenvalue weighted by molar-refractivity contribution is 9.10. The van der Waals surface area contributed by atoms with Gasteiger partial charge in [0, 0.05) is 12.1 Å². The Balaban J connectivity index is 1.94. The highest BCUT2D eigenvalue weighted by Crippen LogP contribution is 2.36. The number of hydrogen-bond acceptors (Lipinski definition) is 6. The fraction of sp³-hybridized carbons (Fsp3) is 0.111. The van der Waals surface area contributed by atoms with Crippen molar-refractivity contribution in [3.63, 3.8) is 0 Å². The van der Waals surface area contributed by atoms with Crippen LogP contribution in [0.5, 0.6) is 11.5 Å². The molecule has 1 amide bonds. The minimum absolute atomic E-state index is 0.0321. The van der Waals surface area contributed by atoms with E-state index in [9.17, 15) is 20.0 Å². The van der Waals surface area contributed by atoms with Gasteiger partial charge in [0.2, 0.25) is 0 Å². The summed E-state index contributed by atoms with van der Waals surface area (Å²) < 4.78 is 5.55. The van der Waals surface area contributed by atoms with E-state index in [1.165, 1.54) is 36.4 Å². The molecule has 1 aliphatic rings. The van der Waals surface area contributed by atoms with Gasteiger partial charge in [-0.1, -0.05) is 0 Å². The summed E-state index contributed by atoms with van der Waals surface area (Å²) in [6.45, 7) is 1.70. The van der Waals surface area contributed by atoms with Crippen molar-refractivity contribution in [3.8, 4) is 11.5 Å². The van der Waals surface area contributed by atoms with Crippen LogP contribution in [0.3, 0.4) is 0 Å². The zero-order valence-corrected chi connectivity index (χ0v) is 15.9. The number of nitro groups is 1. The molecule has 0 saturated heterocycles. The van der Waals surface area contributed by atoms with E-state index in [2.05, 4.69) is 21.0 Å². The van der Waals surface area contributed by atoms with Gasteiger partial charge in [-0.3, -0.25) is 14.9 Å². The molecule has 0 saturated carbocycles. The van der Waals surface area contributed by atoms with Gasteiger partial charge < -0.3 is 9.84 Å². The molecule has 0 radical (unpaired) electrons. The van der Waals surface area contributed by atoms with Crippen molar-refractivity contribution in [1.29, 1.82) is 0 Å². The smallest absolute Gasteiger partial charge is 0.280 e. The molecule has 1 N–H and O–H groups in total. The molecule has 0 aromatic heterocycles. The number of phenolic OH excluding ortho intramolecular Hbond substituents is 1. The van der Waals surface area contributed by atoms with E-state index in [-0.39, 0.29) is 23.1 Å². The van der Waals surface area contributed by atoms with Crippen molar-refractivity contribution >= 4 is 45.0 Å². The number of ether oxygens (including phenoxy) is 1. The summed E-state index contributed by atoms with van der Waals surface area (Å²) in [6.07, 6.45) is 1.64. The molecule has 0 spiro atoms. The number of hydrazone groups is 1. The van der Waals surface area contributed by atoms with Gasteiger partial charge >= 0.3 is 0 Å². The van der Waals surface area contributed by atoms with Crippen LogP contribution in [0.15, 0.2) is 51.5 Å². The summed E-state index contributed by atoms with van der Waals surface area (Å²) in [6, 6.07) is 8.82. The standard InChI is InChI=1S/C18H14BrN3O5/c1-10-14(7-11-8-15(19)17(23)16(9-11)27-2)18(24)21(20-10)12-3-5-13(6-4-12)22(25)26/h3-9,23H,1-2H3. The molecular formula is C18H14BrN3O5. The molecule has 0 atom stereocenters. The van der Waals surface area contributed by atoms with E-state index in [1.54, 1.807) is 25.1 Å². The highest BCUT2D eigenvalue weighted by Gasteiger charge is 2.29. The molecule has 0 unspecified atom stereocenters. The molecular weight excluding hydrogens is 418 g/mol. The number of hydrogen-bond donors (Lipinski definition) is 1. The molecule has 2 aromatic rings. The first-order valence-corrected chi connectivity index (χ1v) is 8.54. The van der Waals surface area contributed by atoms with Crippen molar-refractivity contribution in [2.75, 3.05) is 12.1 Å². The fourth-order valence-electron chi connectivity index (χ4n) is 2.57. The quantitative estimate of drug-likeness (QED) is 0.449. The predicted molar refractivity (Wildman–Crippen MR) is 104 cm³/mol. The molecule has 8 nitrogen and oxygen atoms in total. The van der Waals surface area contributed by atoms with Gasteiger partial charge in [0.15, 0.2) is 11.5 Å². The zero-order valence-electron chi connectivity index (χ0n) is 14.3. The van der Waals surface area contributed by atoms with Crippen LogP contribution in [0.2, 0.25) is 0 Å². The lowest BCUT2D eigenvalue weighted by Gasteiger charge is -2.11. The zero-order chi connectivity index (χ0) is 19.7. The second kappa shape index (κ2) is 7.20. The molecule has 1 aliphatic heterocycles. The van der Waals surface area contributed by atoms with Crippen molar-refractivity contribution in [1.82, 2.24) is 0 Å². The normalized spacial score (nSPS) is 15.2. The molecule has 138 valence electrons. The molecule has 0 bridgehead atoms. The molecule has 9 heteroatoms. The molecule has 1 heterocycles. The van der Waals surface area contributed by atoms with Crippen LogP contribution < -0.4 is 9.75 Å².